The van der Waals surface area contributed by atoms with Crippen molar-refractivity contribution in [2.24, 2.45) is 0 Å². The number of benzene rings is 2. The second-order valence-electron chi connectivity index (χ2n) is 5.07. The molecular weight excluding hydrogens is 304 g/mol. The number of rotatable bonds is 3. The lowest BCUT2D eigenvalue weighted by atomic mass is 10.1. The smallest absolute Gasteiger partial charge is 0.265 e. The van der Waals surface area contributed by atoms with Crippen LogP contribution in [0, 0.1) is 11.6 Å². The van der Waals surface area contributed by atoms with Crippen molar-refractivity contribution < 1.29 is 23.0 Å². The molecule has 0 bridgehead atoms. The standard InChI is InChI=1S/C17H15F2NO3/c1-2-22-15-5-3-4-11-9-20(16(21)10-23-17(11)15)14-7-12(18)6-13(19)8-14/h3-8H,2,9-10H2,1H3. The van der Waals surface area contributed by atoms with Crippen molar-refractivity contribution in [1.82, 2.24) is 0 Å². The minimum Gasteiger partial charge on any atom is -0.490 e. The molecule has 1 amide bonds. The van der Waals surface area contributed by atoms with E-state index < -0.39 is 11.6 Å². The van der Waals surface area contributed by atoms with Gasteiger partial charge in [0.1, 0.15) is 11.6 Å². The number of carbonyl (C=O) groups is 1. The van der Waals surface area contributed by atoms with Gasteiger partial charge in [0, 0.05) is 17.3 Å². The largest absolute Gasteiger partial charge is 0.490 e. The summed E-state index contributed by atoms with van der Waals surface area (Å²) in [4.78, 5) is 13.6. The Morgan fingerprint density at radius 3 is 2.65 bits per heavy atom. The highest BCUT2D eigenvalue weighted by Gasteiger charge is 2.25. The second kappa shape index (κ2) is 6.24. The summed E-state index contributed by atoms with van der Waals surface area (Å²) in [5, 5.41) is 0. The topological polar surface area (TPSA) is 38.8 Å². The fourth-order valence-corrected chi connectivity index (χ4v) is 2.52. The van der Waals surface area contributed by atoms with E-state index in [9.17, 15) is 13.6 Å². The Morgan fingerprint density at radius 2 is 1.96 bits per heavy atom. The van der Waals surface area contributed by atoms with Crippen LogP contribution in [0.15, 0.2) is 36.4 Å². The molecule has 23 heavy (non-hydrogen) atoms. The van der Waals surface area contributed by atoms with Crippen LogP contribution in [0.1, 0.15) is 12.5 Å². The Labute approximate surface area is 132 Å². The zero-order chi connectivity index (χ0) is 16.4. The predicted molar refractivity (Wildman–Crippen MR) is 80.7 cm³/mol. The number of halogens is 2. The van der Waals surface area contributed by atoms with Crippen molar-refractivity contribution in [3.8, 4) is 11.5 Å². The minimum atomic E-state index is -0.735. The molecule has 6 heteroatoms. The molecule has 0 saturated carbocycles. The number of ether oxygens (including phenoxy) is 2. The number of nitrogens with zero attached hydrogens (tertiary/aromatic N) is 1. The molecule has 2 aromatic carbocycles. The SMILES string of the molecule is CCOc1cccc2c1OCC(=O)N(c1cc(F)cc(F)c1)C2. The van der Waals surface area contributed by atoms with Gasteiger partial charge in [-0.25, -0.2) is 8.78 Å². The van der Waals surface area contributed by atoms with Crippen LogP contribution in [0.3, 0.4) is 0 Å². The normalized spacial score (nSPS) is 14.0. The van der Waals surface area contributed by atoms with Crippen LogP contribution in [-0.2, 0) is 11.3 Å². The molecule has 1 aliphatic rings. The van der Waals surface area contributed by atoms with Crippen molar-refractivity contribution in [3.63, 3.8) is 0 Å². The number of hydrogen-bond acceptors (Lipinski definition) is 3. The lowest BCUT2D eigenvalue weighted by molar-refractivity contribution is -0.120. The zero-order valence-electron chi connectivity index (χ0n) is 12.5. The summed E-state index contributed by atoms with van der Waals surface area (Å²) in [7, 11) is 0. The van der Waals surface area contributed by atoms with Gasteiger partial charge >= 0.3 is 0 Å². The summed E-state index contributed by atoms with van der Waals surface area (Å²) in [5.41, 5.74) is 0.872. The van der Waals surface area contributed by atoms with Gasteiger partial charge in [0.05, 0.1) is 13.2 Å². The first-order chi connectivity index (χ1) is 11.1. The van der Waals surface area contributed by atoms with E-state index in [0.717, 1.165) is 18.2 Å². The van der Waals surface area contributed by atoms with Crippen LogP contribution >= 0.6 is 0 Å². The van der Waals surface area contributed by atoms with Gasteiger partial charge in [-0.15, -0.1) is 0 Å². The van der Waals surface area contributed by atoms with E-state index in [2.05, 4.69) is 0 Å². The molecule has 0 radical (unpaired) electrons. The van der Waals surface area contributed by atoms with Crippen molar-refractivity contribution in [1.29, 1.82) is 0 Å². The van der Waals surface area contributed by atoms with Gasteiger partial charge in [-0.2, -0.15) is 0 Å². The molecule has 0 aromatic heterocycles. The monoisotopic (exact) mass is 319 g/mol. The number of carbonyl (C=O) groups excluding carboxylic acids is 1. The summed E-state index contributed by atoms with van der Waals surface area (Å²) >= 11 is 0. The van der Waals surface area contributed by atoms with Gasteiger partial charge in [0.15, 0.2) is 18.1 Å². The van der Waals surface area contributed by atoms with Gasteiger partial charge in [-0.05, 0) is 25.1 Å². The molecule has 0 fully saturated rings. The summed E-state index contributed by atoms with van der Waals surface area (Å²) in [6.07, 6.45) is 0. The summed E-state index contributed by atoms with van der Waals surface area (Å²) < 4.78 is 37.9. The predicted octanol–water partition coefficient (Wildman–Crippen LogP) is 3.29. The average Bonchev–Trinajstić information content (AvgIpc) is 2.67. The van der Waals surface area contributed by atoms with E-state index in [-0.39, 0.29) is 24.7 Å². The van der Waals surface area contributed by atoms with Crippen molar-refractivity contribution in [3.05, 3.63) is 53.6 Å². The molecule has 0 spiro atoms. The Morgan fingerprint density at radius 1 is 1.22 bits per heavy atom. The Bertz CT molecular complexity index is 728. The third-order valence-corrected chi connectivity index (χ3v) is 3.49. The van der Waals surface area contributed by atoms with Crippen molar-refractivity contribution in [2.75, 3.05) is 18.1 Å². The highest BCUT2D eigenvalue weighted by molar-refractivity contribution is 5.95. The fourth-order valence-electron chi connectivity index (χ4n) is 2.52. The molecule has 0 aliphatic carbocycles. The third kappa shape index (κ3) is 3.11. The Hall–Kier alpha value is -2.63. The molecule has 1 heterocycles. The van der Waals surface area contributed by atoms with Gasteiger partial charge in [-0.1, -0.05) is 12.1 Å². The van der Waals surface area contributed by atoms with E-state index in [1.807, 2.05) is 6.92 Å². The quantitative estimate of drug-likeness (QED) is 0.871. The highest BCUT2D eigenvalue weighted by atomic mass is 19.1. The second-order valence-corrected chi connectivity index (χ2v) is 5.07. The van der Waals surface area contributed by atoms with E-state index in [1.165, 1.54) is 4.90 Å². The van der Waals surface area contributed by atoms with Gasteiger partial charge in [0.25, 0.3) is 5.91 Å². The van der Waals surface area contributed by atoms with Crippen molar-refractivity contribution in [2.45, 2.75) is 13.5 Å². The van der Waals surface area contributed by atoms with Crippen LogP contribution in [0.2, 0.25) is 0 Å². The fraction of sp³-hybridized carbons (Fsp3) is 0.235. The number of para-hydroxylation sites is 1. The lowest BCUT2D eigenvalue weighted by Gasteiger charge is -2.20. The molecule has 0 N–H and O–H groups in total. The first-order valence-electron chi connectivity index (χ1n) is 7.22. The molecular formula is C17H15F2NO3. The van der Waals surface area contributed by atoms with Crippen LogP contribution in [-0.4, -0.2) is 19.1 Å². The van der Waals surface area contributed by atoms with Gasteiger partial charge < -0.3 is 14.4 Å². The maximum atomic E-state index is 13.4. The van der Waals surface area contributed by atoms with E-state index in [4.69, 9.17) is 9.47 Å². The maximum absolute atomic E-state index is 13.4. The Kier molecular flexibility index (Phi) is 4.14. The van der Waals surface area contributed by atoms with Gasteiger partial charge in [0.2, 0.25) is 0 Å². The number of amides is 1. The van der Waals surface area contributed by atoms with Crippen LogP contribution in [0.25, 0.3) is 0 Å². The maximum Gasteiger partial charge on any atom is 0.265 e. The van der Waals surface area contributed by atoms with Crippen molar-refractivity contribution >= 4 is 11.6 Å². The van der Waals surface area contributed by atoms with E-state index >= 15 is 0 Å². The average molecular weight is 319 g/mol. The number of fused-ring (bicyclic) bond motifs is 1. The van der Waals surface area contributed by atoms with E-state index in [1.54, 1.807) is 18.2 Å². The molecule has 3 rings (SSSR count). The minimum absolute atomic E-state index is 0.151. The first kappa shape index (κ1) is 15.3. The molecule has 120 valence electrons. The molecule has 0 unspecified atom stereocenters. The Balaban J connectivity index is 2.00. The van der Waals surface area contributed by atoms with Crippen LogP contribution < -0.4 is 14.4 Å². The zero-order valence-corrected chi connectivity index (χ0v) is 12.5. The number of anilines is 1. The third-order valence-electron chi connectivity index (χ3n) is 3.49. The lowest BCUT2D eigenvalue weighted by Crippen LogP contribution is -2.32. The molecule has 2 aromatic rings. The molecule has 0 saturated heterocycles. The van der Waals surface area contributed by atoms with Crippen LogP contribution in [0.4, 0.5) is 14.5 Å². The summed E-state index contributed by atoms with van der Waals surface area (Å²) in [5.74, 6) is -0.816. The van der Waals surface area contributed by atoms with E-state index in [0.29, 0.717) is 23.7 Å². The summed E-state index contributed by atoms with van der Waals surface area (Å²) in [6, 6.07) is 8.34. The highest BCUT2D eigenvalue weighted by Crippen LogP contribution is 2.35. The first-order valence-corrected chi connectivity index (χ1v) is 7.22. The van der Waals surface area contributed by atoms with Gasteiger partial charge in [-0.3, -0.25) is 4.79 Å². The summed E-state index contributed by atoms with van der Waals surface area (Å²) in [6.45, 7) is 2.24. The van der Waals surface area contributed by atoms with Crippen LogP contribution in [0.5, 0.6) is 11.5 Å². The molecule has 4 nitrogen and oxygen atoms in total. The molecule has 1 aliphatic heterocycles. The number of hydrogen-bond donors (Lipinski definition) is 0. The molecule has 0 atom stereocenters.